The lowest BCUT2D eigenvalue weighted by molar-refractivity contribution is -0.131. The van der Waals surface area contributed by atoms with Crippen LogP contribution in [0.3, 0.4) is 0 Å². The van der Waals surface area contributed by atoms with Crippen LogP contribution in [0.4, 0.5) is 0 Å². The Balaban J connectivity index is 0.00000192. The highest BCUT2D eigenvalue weighted by Gasteiger charge is 2.23. The van der Waals surface area contributed by atoms with E-state index in [4.69, 9.17) is 4.42 Å². The molecule has 2 aromatic rings. The number of halogens is 1. The van der Waals surface area contributed by atoms with Crippen LogP contribution < -0.4 is 5.32 Å². The summed E-state index contributed by atoms with van der Waals surface area (Å²) in [5.74, 6) is 0.174. The van der Waals surface area contributed by atoms with Crippen LogP contribution >= 0.6 is 12.4 Å². The topological polar surface area (TPSA) is 45.5 Å². The third-order valence-corrected chi connectivity index (χ3v) is 4.93. The fourth-order valence-electron chi connectivity index (χ4n) is 3.21. The number of rotatable bonds is 3. The van der Waals surface area contributed by atoms with Gasteiger partial charge in [0.15, 0.2) is 0 Å². The van der Waals surface area contributed by atoms with Gasteiger partial charge in [-0.25, -0.2) is 0 Å². The van der Waals surface area contributed by atoms with Crippen LogP contribution in [0, 0.1) is 13.8 Å². The molecule has 3 rings (SSSR count). The van der Waals surface area contributed by atoms with Gasteiger partial charge in [-0.15, -0.1) is 12.4 Å². The fourth-order valence-corrected chi connectivity index (χ4v) is 3.21. The lowest BCUT2D eigenvalue weighted by Gasteiger charge is -2.31. The summed E-state index contributed by atoms with van der Waals surface area (Å²) in [6.45, 7) is 6.13. The lowest BCUT2D eigenvalue weighted by Crippen LogP contribution is -2.44. The van der Waals surface area contributed by atoms with E-state index in [0.29, 0.717) is 12.5 Å². The summed E-state index contributed by atoms with van der Waals surface area (Å²) in [6.07, 6.45) is 4.22. The molecule has 1 fully saturated rings. The number of benzene rings is 1. The highest BCUT2D eigenvalue weighted by molar-refractivity contribution is 5.89. The quantitative estimate of drug-likeness (QED) is 0.936. The van der Waals surface area contributed by atoms with Crippen LogP contribution in [-0.2, 0) is 11.2 Å². The molecule has 1 saturated heterocycles. The van der Waals surface area contributed by atoms with Crippen molar-refractivity contribution in [3.05, 3.63) is 35.1 Å². The monoisotopic (exact) mass is 336 g/mol. The molecule has 4 nitrogen and oxygen atoms in total. The molecule has 0 bridgehead atoms. The maximum absolute atomic E-state index is 12.6. The van der Waals surface area contributed by atoms with E-state index in [-0.39, 0.29) is 18.3 Å². The number of fused-ring (bicyclic) bond motifs is 1. The molecule has 1 aromatic heterocycles. The summed E-state index contributed by atoms with van der Waals surface area (Å²) >= 11 is 0. The van der Waals surface area contributed by atoms with Gasteiger partial charge in [0.1, 0.15) is 5.58 Å². The number of likely N-dealkylation sites (N-methyl/N-ethyl adjacent to an activating group) is 1. The van der Waals surface area contributed by atoms with Crippen molar-refractivity contribution < 1.29 is 9.21 Å². The third-order valence-electron chi connectivity index (χ3n) is 4.93. The highest BCUT2D eigenvalue weighted by atomic mass is 35.5. The lowest BCUT2D eigenvalue weighted by atomic mass is 10.0. The van der Waals surface area contributed by atoms with Crippen molar-refractivity contribution in [2.24, 2.45) is 0 Å². The van der Waals surface area contributed by atoms with Crippen molar-refractivity contribution in [2.75, 3.05) is 20.1 Å². The largest absolute Gasteiger partial charge is 0.464 e. The Morgan fingerprint density at radius 2 is 2.00 bits per heavy atom. The molecule has 0 radical (unpaired) electrons. The van der Waals surface area contributed by atoms with E-state index in [9.17, 15) is 4.79 Å². The third kappa shape index (κ3) is 3.54. The minimum absolute atomic E-state index is 0. The van der Waals surface area contributed by atoms with Gasteiger partial charge in [0.2, 0.25) is 5.91 Å². The first-order chi connectivity index (χ1) is 10.6. The van der Waals surface area contributed by atoms with E-state index in [1.54, 1.807) is 6.26 Å². The molecule has 0 atom stereocenters. The van der Waals surface area contributed by atoms with E-state index in [1.807, 2.05) is 11.9 Å². The van der Waals surface area contributed by atoms with Gasteiger partial charge in [-0.3, -0.25) is 4.79 Å². The molecule has 1 aliphatic heterocycles. The van der Waals surface area contributed by atoms with Crippen LogP contribution in [0.15, 0.2) is 22.8 Å². The number of piperidine rings is 1. The predicted molar refractivity (Wildman–Crippen MR) is 95.3 cm³/mol. The Labute approximate surface area is 143 Å². The Hall–Kier alpha value is -1.52. The zero-order valence-electron chi connectivity index (χ0n) is 14.0. The predicted octanol–water partition coefficient (Wildman–Crippen LogP) is 3.22. The Morgan fingerprint density at radius 1 is 1.30 bits per heavy atom. The van der Waals surface area contributed by atoms with Gasteiger partial charge in [0, 0.05) is 24.0 Å². The Kier molecular flexibility index (Phi) is 5.71. The Bertz CT molecular complexity index is 690. The standard InChI is InChI=1S/C18H24N2O2.ClH/c1-12-4-5-16-14(11-22-18(16)13(12)2)10-17(21)20(3)15-6-8-19-9-7-15;/h4-5,11,15,19H,6-10H2,1-3H3;1H. The zero-order valence-corrected chi connectivity index (χ0v) is 14.8. The molecule has 5 heteroatoms. The molecule has 2 heterocycles. The SMILES string of the molecule is Cc1ccc2c(CC(=O)N(C)C3CCNCC3)coc2c1C.Cl. The summed E-state index contributed by atoms with van der Waals surface area (Å²) < 4.78 is 5.71. The number of aryl methyl sites for hydroxylation is 2. The van der Waals surface area contributed by atoms with Crippen LogP contribution in [0.5, 0.6) is 0 Å². The minimum Gasteiger partial charge on any atom is -0.464 e. The number of carbonyl (C=O) groups excluding carboxylic acids is 1. The maximum atomic E-state index is 12.6. The van der Waals surface area contributed by atoms with Gasteiger partial charge in [0.25, 0.3) is 0 Å². The number of amides is 1. The molecule has 0 unspecified atom stereocenters. The van der Waals surface area contributed by atoms with Crippen molar-refractivity contribution in [3.8, 4) is 0 Å². The van der Waals surface area contributed by atoms with E-state index in [0.717, 1.165) is 48.0 Å². The molecule has 23 heavy (non-hydrogen) atoms. The number of carbonyl (C=O) groups is 1. The van der Waals surface area contributed by atoms with Crippen molar-refractivity contribution >= 4 is 29.3 Å². The molecule has 1 N–H and O–H groups in total. The summed E-state index contributed by atoms with van der Waals surface area (Å²) in [4.78, 5) is 14.5. The van der Waals surface area contributed by atoms with Crippen molar-refractivity contribution in [1.29, 1.82) is 0 Å². The smallest absolute Gasteiger partial charge is 0.227 e. The molecule has 1 aromatic carbocycles. The summed E-state index contributed by atoms with van der Waals surface area (Å²) in [5.41, 5.74) is 4.27. The second-order valence-corrected chi connectivity index (χ2v) is 6.31. The number of hydrogen-bond acceptors (Lipinski definition) is 3. The van der Waals surface area contributed by atoms with E-state index < -0.39 is 0 Å². The zero-order chi connectivity index (χ0) is 15.7. The first kappa shape index (κ1) is 17.8. The van der Waals surface area contributed by atoms with E-state index in [2.05, 4.69) is 31.3 Å². The molecule has 0 aliphatic carbocycles. The van der Waals surface area contributed by atoms with Gasteiger partial charge in [0.05, 0.1) is 12.7 Å². The number of hydrogen-bond donors (Lipinski definition) is 1. The van der Waals surface area contributed by atoms with Gasteiger partial charge < -0.3 is 14.6 Å². The minimum atomic E-state index is 0. The van der Waals surface area contributed by atoms with E-state index in [1.165, 1.54) is 5.56 Å². The molecule has 1 aliphatic rings. The first-order valence-electron chi connectivity index (χ1n) is 8.00. The average molecular weight is 337 g/mol. The summed E-state index contributed by atoms with van der Waals surface area (Å²) in [6, 6.07) is 4.52. The van der Waals surface area contributed by atoms with Crippen LogP contribution in [0.1, 0.15) is 29.5 Å². The maximum Gasteiger partial charge on any atom is 0.227 e. The van der Waals surface area contributed by atoms with Gasteiger partial charge in [-0.2, -0.15) is 0 Å². The summed E-state index contributed by atoms with van der Waals surface area (Å²) in [7, 11) is 1.93. The van der Waals surface area contributed by atoms with Crippen molar-refractivity contribution in [1.82, 2.24) is 10.2 Å². The van der Waals surface area contributed by atoms with Gasteiger partial charge >= 0.3 is 0 Å². The van der Waals surface area contributed by atoms with Gasteiger partial charge in [-0.05, 0) is 50.9 Å². The number of nitrogens with zero attached hydrogens (tertiary/aromatic N) is 1. The van der Waals surface area contributed by atoms with Crippen molar-refractivity contribution in [2.45, 2.75) is 39.2 Å². The van der Waals surface area contributed by atoms with Crippen LogP contribution in [0.2, 0.25) is 0 Å². The second kappa shape index (κ2) is 7.37. The van der Waals surface area contributed by atoms with E-state index >= 15 is 0 Å². The fraction of sp³-hybridized carbons (Fsp3) is 0.500. The normalized spacial score (nSPS) is 15.4. The number of furan rings is 1. The molecule has 0 saturated carbocycles. The Morgan fingerprint density at radius 3 is 2.70 bits per heavy atom. The van der Waals surface area contributed by atoms with Crippen molar-refractivity contribution in [3.63, 3.8) is 0 Å². The first-order valence-corrected chi connectivity index (χ1v) is 8.00. The summed E-state index contributed by atoms with van der Waals surface area (Å²) in [5, 5.41) is 4.40. The van der Waals surface area contributed by atoms with Crippen LogP contribution in [-0.4, -0.2) is 37.0 Å². The second-order valence-electron chi connectivity index (χ2n) is 6.31. The molecular weight excluding hydrogens is 312 g/mol. The number of nitrogens with one attached hydrogen (secondary N) is 1. The van der Waals surface area contributed by atoms with Crippen LogP contribution in [0.25, 0.3) is 11.0 Å². The molecule has 0 spiro atoms. The molecule has 1 amide bonds. The van der Waals surface area contributed by atoms with Gasteiger partial charge in [-0.1, -0.05) is 12.1 Å². The molecule has 126 valence electrons. The average Bonchev–Trinajstić information content (AvgIpc) is 2.94. The highest BCUT2D eigenvalue weighted by Crippen LogP contribution is 2.27. The molecular formula is C18H25ClN2O2.